The largest absolute Gasteiger partial charge is 0.378 e. The van der Waals surface area contributed by atoms with Gasteiger partial charge in [0.25, 0.3) is 0 Å². The Hall–Kier alpha value is -0.820. The molecule has 0 bridgehead atoms. The number of hydrogen-bond acceptors (Lipinski definition) is 2. The van der Waals surface area contributed by atoms with Gasteiger partial charge in [-0.2, -0.15) is 0 Å². The zero-order valence-electron chi connectivity index (χ0n) is 14.9. The third-order valence-electron chi connectivity index (χ3n) is 5.52. The molecule has 0 radical (unpaired) electrons. The highest BCUT2D eigenvalue weighted by Crippen LogP contribution is 2.58. The minimum atomic E-state index is 0. The van der Waals surface area contributed by atoms with E-state index < -0.39 is 0 Å². The number of nitrogens with one attached hydrogen (secondary N) is 1. The number of aliphatic imine (C=N–C) groups is 1. The fourth-order valence-electron chi connectivity index (χ4n) is 3.91. The summed E-state index contributed by atoms with van der Waals surface area (Å²) in [7, 11) is 0. The predicted molar refractivity (Wildman–Crippen MR) is 111 cm³/mol. The summed E-state index contributed by atoms with van der Waals surface area (Å²) in [5.74, 6) is 1.03. The van der Waals surface area contributed by atoms with E-state index in [0.717, 1.165) is 18.7 Å². The number of rotatable bonds is 5. The molecule has 1 spiro atoms. The van der Waals surface area contributed by atoms with E-state index in [1.54, 1.807) is 0 Å². The molecule has 0 aromatic heterocycles. The van der Waals surface area contributed by atoms with Crippen molar-refractivity contribution in [2.75, 3.05) is 11.9 Å². The number of ether oxygens (including phenoxy) is 1. The summed E-state index contributed by atoms with van der Waals surface area (Å²) < 4.78 is 5.88. The van der Waals surface area contributed by atoms with Gasteiger partial charge in [-0.1, -0.05) is 32.4 Å². The molecule has 0 heterocycles. The summed E-state index contributed by atoms with van der Waals surface area (Å²) in [4.78, 5) is 4.76. The molecule has 2 aliphatic carbocycles. The van der Waals surface area contributed by atoms with Crippen molar-refractivity contribution in [2.45, 2.75) is 64.5 Å². The molecule has 134 valence electrons. The molecule has 0 saturated heterocycles. The Morgan fingerprint density at radius 3 is 2.75 bits per heavy atom. The third-order valence-corrected chi connectivity index (χ3v) is 5.52. The zero-order chi connectivity index (χ0) is 16.4. The van der Waals surface area contributed by atoms with Gasteiger partial charge < -0.3 is 15.8 Å². The highest BCUT2D eigenvalue weighted by molar-refractivity contribution is 14.0. The fourth-order valence-corrected chi connectivity index (χ4v) is 3.91. The first-order valence-electron chi connectivity index (χ1n) is 8.87. The van der Waals surface area contributed by atoms with Gasteiger partial charge in [-0.15, -0.1) is 24.0 Å². The first-order valence-corrected chi connectivity index (χ1v) is 8.87. The van der Waals surface area contributed by atoms with E-state index in [1.807, 2.05) is 6.07 Å². The van der Waals surface area contributed by atoms with Crippen molar-refractivity contribution < 1.29 is 4.74 Å². The van der Waals surface area contributed by atoms with E-state index in [4.69, 9.17) is 15.5 Å². The number of nitrogens with zero attached hydrogens (tertiary/aromatic N) is 1. The Kier molecular flexibility index (Phi) is 6.53. The predicted octanol–water partition coefficient (Wildman–Crippen LogP) is 4.50. The second-order valence-corrected chi connectivity index (χ2v) is 7.20. The molecular weight excluding hydrogens is 413 g/mol. The highest BCUT2D eigenvalue weighted by atomic mass is 127. The van der Waals surface area contributed by atoms with Crippen molar-refractivity contribution in [1.82, 2.24) is 0 Å². The van der Waals surface area contributed by atoms with Gasteiger partial charge in [-0.3, -0.25) is 0 Å². The number of nitrogens with two attached hydrogens (primary N) is 1. The van der Waals surface area contributed by atoms with E-state index in [1.165, 1.54) is 24.8 Å². The zero-order valence-corrected chi connectivity index (χ0v) is 17.2. The molecule has 2 unspecified atom stereocenters. The third kappa shape index (κ3) is 3.72. The highest BCUT2D eigenvalue weighted by Gasteiger charge is 2.59. The van der Waals surface area contributed by atoms with Crippen LogP contribution < -0.4 is 11.1 Å². The Labute approximate surface area is 162 Å². The maximum absolute atomic E-state index is 6.16. The maximum Gasteiger partial charge on any atom is 0.193 e. The van der Waals surface area contributed by atoms with Crippen molar-refractivity contribution in [2.24, 2.45) is 16.1 Å². The molecule has 3 N–H and O–H groups in total. The van der Waals surface area contributed by atoms with Gasteiger partial charge in [-0.05, 0) is 49.8 Å². The Morgan fingerprint density at radius 2 is 2.17 bits per heavy atom. The first kappa shape index (κ1) is 19.5. The van der Waals surface area contributed by atoms with Gasteiger partial charge in [0.15, 0.2) is 5.96 Å². The van der Waals surface area contributed by atoms with Crippen LogP contribution in [0.5, 0.6) is 0 Å². The minimum Gasteiger partial charge on any atom is -0.378 e. The van der Waals surface area contributed by atoms with Gasteiger partial charge in [0.1, 0.15) is 0 Å². The molecule has 1 aromatic carbocycles. The van der Waals surface area contributed by atoms with Crippen LogP contribution in [0, 0.1) is 5.41 Å². The van der Waals surface area contributed by atoms with Crippen LogP contribution in [0.4, 0.5) is 5.69 Å². The summed E-state index contributed by atoms with van der Waals surface area (Å²) in [5.41, 5.74) is 8.74. The number of benzene rings is 1. The van der Waals surface area contributed by atoms with Crippen LogP contribution in [-0.2, 0) is 4.74 Å². The lowest BCUT2D eigenvalue weighted by Gasteiger charge is -2.59. The lowest BCUT2D eigenvalue weighted by Crippen LogP contribution is -2.61. The molecule has 3 rings (SSSR count). The van der Waals surface area contributed by atoms with Crippen LogP contribution >= 0.6 is 24.0 Å². The smallest absolute Gasteiger partial charge is 0.193 e. The SMILES string of the molecule is CCOC1CC(N=C(N)Nc2cccc(C(C)C)c2)C12CCC2.I. The van der Waals surface area contributed by atoms with Crippen LogP contribution in [0.1, 0.15) is 57.9 Å². The summed E-state index contributed by atoms with van der Waals surface area (Å²) >= 11 is 0. The molecule has 2 atom stereocenters. The fraction of sp³-hybridized carbons (Fsp3) is 0.632. The van der Waals surface area contributed by atoms with E-state index in [2.05, 4.69) is 44.3 Å². The molecule has 1 aromatic rings. The van der Waals surface area contributed by atoms with Crippen molar-refractivity contribution in [3.8, 4) is 0 Å². The van der Waals surface area contributed by atoms with E-state index in [9.17, 15) is 0 Å². The lowest BCUT2D eigenvalue weighted by atomic mass is 9.51. The van der Waals surface area contributed by atoms with Crippen molar-refractivity contribution in [1.29, 1.82) is 0 Å². The topological polar surface area (TPSA) is 59.6 Å². The Bertz CT molecular complexity index is 584. The summed E-state index contributed by atoms with van der Waals surface area (Å²) in [5, 5.41) is 3.26. The van der Waals surface area contributed by atoms with Crippen LogP contribution in [0.15, 0.2) is 29.3 Å². The molecule has 2 aliphatic rings. The monoisotopic (exact) mass is 443 g/mol. The molecule has 2 saturated carbocycles. The van der Waals surface area contributed by atoms with E-state index in [-0.39, 0.29) is 29.4 Å². The van der Waals surface area contributed by atoms with Crippen LogP contribution in [0.3, 0.4) is 0 Å². The number of anilines is 1. The molecule has 0 amide bonds. The van der Waals surface area contributed by atoms with E-state index in [0.29, 0.717) is 24.0 Å². The Balaban J connectivity index is 0.00000208. The van der Waals surface area contributed by atoms with Gasteiger partial charge in [0.05, 0.1) is 12.1 Å². The van der Waals surface area contributed by atoms with Gasteiger partial charge >= 0.3 is 0 Å². The molecule has 24 heavy (non-hydrogen) atoms. The van der Waals surface area contributed by atoms with Crippen molar-refractivity contribution in [3.63, 3.8) is 0 Å². The summed E-state index contributed by atoms with van der Waals surface area (Å²) in [6.07, 6.45) is 5.12. The average Bonchev–Trinajstić information content (AvgIpc) is 2.44. The number of guanidine groups is 1. The molecule has 2 fully saturated rings. The summed E-state index contributed by atoms with van der Waals surface area (Å²) in [6.45, 7) is 7.25. The van der Waals surface area contributed by atoms with Crippen LogP contribution in [0.25, 0.3) is 0 Å². The number of halogens is 1. The van der Waals surface area contributed by atoms with Gasteiger partial charge in [0, 0.05) is 17.7 Å². The molecule has 0 aliphatic heterocycles. The molecule has 5 heteroatoms. The molecule has 4 nitrogen and oxygen atoms in total. The lowest BCUT2D eigenvalue weighted by molar-refractivity contribution is -0.162. The molecular formula is C19H30IN3O. The van der Waals surface area contributed by atoms with Crippen LogP contribution in [-0.4, -0.2) is 24.7 Å². The minimum absolute atomic E-state index is 0. The normalized spacial score (nSPS) is 24.9. The number of hydrogen-bond donors (Lipinski definition) is 2. The van der Waals surface area contributed by atoms with E-state index >= 15 is 0 Å². The average molecular weight is 443 g/mol. The van der Waals surface area contributed by atoms with Gasteiger partial charge in [-0.25, -0.2) is 4.99 Å². The first-order chi connectivity index (χ1) is 11.0. The van der Waals surface area contributed by atoms with Crippen molar-refractivity contribution >= 4 is 35.6 Å². The van der Waals surface area contributed by atoms with Crippen molar-refractivity contribution in [3.05, 3.63) is 29.8 Å². The second-order valence-electron chi connectivity index (χ2n) is 7.20. The maximum atomic E-state index is 6.16. The Morgan fingerprint density at radius 1 is 1.42 bits per heavy atom. The summed E-state index contributed by atoms with van der Waals surface area (Å²) in [6, 6.07) is 8.71. The van der Waals surface area contributed by atoms with Crippen LogP contribution in [0.2, 0.25) is 0 Å². The quantitative estimate of drug-likeness (QED) is 0.400. The second kappa shape index (κ2) is 8.04. The standard InChI is InChI=1S/C19H29N3O.HI/c1-4-23-17-12-16(19(17)9-6-10-19)22-18(20)21-15-8-5-7-14(11-15)13(2)3;/h5,7-8,11,13,16-17H,4,6,9-10,12H2,1-3H3,(H3,20,21,22);1H. The van der Waals surface area contributed by atoms with Gasteiger partial charge in [0.2, 0.25) is 0 Å².